The Morgan fingerprint density at radius 2 is 2.00 bits per heavy atom. The summed E-state index contributed by atoms with van der Waals surface area (Å²) >= 11 is 6.47. The molecule has 2 aliphatic heterocycles. The molecule has 2 aromatic heterocycles. The van der Waals surface area contributed by atoms with Crippen LogP contribution in [0.25, 0.3) is 10.9 Å². The lowest BCUT2D eigenvalue weighted by Crippen LogP contribution is -2.43. The quantitative estimate of drug-likeness (QED) is 0.587. The molecule has 12 heteroatoms. The van der Waals surface area contributed by atoms with Gasteiger partial charge < -0.3 is 24.8 Å². The van der Waals surface area contributed by atoms with Crippen LogP contribution in [-0.2, 0) is 22.7 Å². The molecule has 1 amide bonds. The van der Waals surface area contributed by atoms with Gasteiger partial charge in [-0.2, -0.15) is 0 Å². The second-order valence-corrected chi connectivity index (χ2v) is 8.26. The van der Waals surface area contributed by atoms with Crippen molar-refractivity contribution in [1.82, 2.24) is 14.9 Å². The first-order valence-corrected chi connectivity index (χ1v) is 10.7. The zero-order valence-electron chi connectivity index (χ0n) is 17.6. The molecule has 0 aliphatic carbocycles. The number of ether oxygens (including phenoxy) is 3. The Morgan fingerprint density at radius 1 is 1.21 bits per heavy atom. The first kappa shape index (κ1) is 22.6. The van der Waals surface area contributed by atoms with Crippen molar-refractivity contribution < 1.29 is 32.2 Å². The molecule has 2 N–H and O–H groups in total. The highest BCUT2D eigenvalue weighted by Gasteiger charge is 2.34. The van der Waals surface area contributed by atoms with Gasteiger partial charge in [-0.05, 0) is 29.8 Å². The summed E-state index contributed by atoms with van der Waals surface area (Å²) in [5, 5.41) is 0.932. The molecule has 0 spiro atoms. The van der Waals surface area contributed by atoms with Gasteiger partial charge >= 0.3 is 6.36 Å². The van der Waals surface area contributed by atoms with Gasteiger partial charge in [-0.15, -0.1) is 13.2 Å². The lowest BCUT2D eigenvalue weighted by atomic mass is 10.0. The number of anilines is 1. The minimum absolute atomic E-state index is 0.130. The molecule has 4 heterocycles. The Hall–Kier alpha value is -3.15. The number of nitrogens with zero attached hydrogens (tertiary/aromatic N) is 3. The second-order valence-electron chi connectivity index (χ2n) is 7.85. The zero-order chi connectivity index (χ0) is 24.0. The van der Waals surface area contributed by atoms with Gasteiger partial charge in [0.05, 0.1) is 60.5 Å². The molecule has 8 nitrogen and oxygen atoms in total. The van der Waals surface area contributed by atoms with E-state index < -0.39 is 18.2 Å². The fraction of sp³-hybridized carbons (Fsp3) is 0.318. The van der Waals surface area contributed by atoms with Crippen LogP contribution in [0, 0.1) is 0 Å². The molecule has 0 radical (unpaired) electrons. The van der Waals surface area contributed by atoms with Crippen molar-refractivity contribution in [1.29, 1.82) is 0 Å². The van der Waals surface area contributed by atoms with Gasteiger partial charge in [-0.25, -0.2) is 4.98 Å². The summed E-state index contributed by atoms with van der Waals surface area (Å²) in [5.41, 5.74) is 8.88. The van der Waals surface area contributed by atoms with Crippen LogP contribution in [-0.4, -0.2) is 46.9 Å². The van der Waals surface area contributed by atoms with Crippen molar-refractivity contribution >= 4 is 34.2 Å². The molecule has 0 saturated carbocycles. The van der Waals surface area contributed by atoms with Crippen LogP contribution in [0.15, 0.2) is 30.5 Å². The minimum Gasteiger partial charge on any atom is -0.404 e. The van der Waals surface area contributed by atoms with E-state index >= 15 is 0 Å². The predicted octanol–water partition coefficient (Wildman–Crippen LogP) is 4.01. The van der Waals surface area contributed by atoms with E-state index in [0.29, 0.717) is 36.8 Å². The van der Waals surface area contributed by atoms with Gasteiger partial charge in [0, 0.05) is 17.5 Å². The number of aromatic nitrogens is 2. The molecular formula is C22H18ClF3N4O4. The normalized spacial score (nSPS) is 18.2. The molecule has 3 aromatic rings. The Bertz CT molecular complexity index is 1270. The summed E-state index contributed by atoms with van der Waals surface area (Å²) < 4.78 is 52.3. The van der Waals surface area contributed by atoms with Crippen LogP contribution in [0.5, 0.6) is 5.75 Å². The van der Waals surface area contributed by atoms with Gasteiger partial charge in [0.1, 0.15) is 11.6 Å². The van der Waals surface area contributed by atoms with Crippen molar-refractivity contribution in [2.24, 2.45) is 0 Å². The van der Waals surface area contributed by atoms with Gasteiger partial charge in [-0.3, -0.25) is 9.78 Å². The highest BCUT2D eigenvalue weighted by atomic mass is 35.5. The third kappa shape index (κ3) is 4.22. The number of nitrogen functional groups attached to an aromatic ring is 1. The van der Waals surface area contributed by atoms with Crippen molar-refractivity contribution in [2.75, 3.05) is 25.5 Å². The number of hydrogen-bond acceptors (Lipinski definition) is 7. The summed E-state index contributed by atoms with van der Waals surface area (Å²) in [6, 6.07) is 5.18. The molecule has 1 fully saturated rings. The molecule has 0 unspecified atom stereocenters. The lowest BCUT2D eigenvalue weighted by Gasteiger charge is -2.35. The number of nitrogens with two attached hydrogens (primary N) is 1. The van der Waals surface area contributed by atoms with E-state index in [-0.39, 0.29) is 29.6 Å². The number of pyridine rings is 2. The second kappa shape index (κ2) is 8.57. The number of carbonyl (C=O) groups excluding carboxylic acids is 1. The number of halogens is 4. The monoisotopic (exact) mass is 494 g/mol. The molecule has 178 valence electrons. The van der Waals surface area contributed by atoms with Crippen LogP contribution in [0.2, 0.25) is 5.02 Å². The maximum Gasteiger partial charge on any atom is 0.573 e. The standard InChI is InChI=1S/C22H18ClF3N4O4/c23-16-6-18-12(14-8-33-9-15(14)20(27)29-18)5-13(16)21(31)30-3-4-32-10-19(30)17-2-1-11(7-28-17)34-22(24,25)26/h1-2,5-7,19H,3-4,8-10H2,(H2,27,29)/t19-/m1/s1. The SMILES string of the molecule is Nc1nc2cc(Cl)c(C(=O)N3CCOC[C@@H]3c3ccc(OC(F)(F)F)cn3)cc2c2c1COC2. The number of fused-ring (bicyclic) bond motifs is 3. The number of morpholine rings is 1. The number of hydrogen-bond donors (Lipinski definition) is 1. The Morgan fingerprint density at radius 3 is 2.74 bits per heavy atom. The van der Waals surface area contributed by atoms with Crippen LogP contribution in [0.3, 0.4) is 0 Å². The van der Waals surface area contributed by atoms with Crippen molar-refractivity contribution in [3.8, 4) is 5.75 Å². The molecule has 0 bridgehead atoms. The number of rotatable bonds is 3. The predicted molar refractivity (Wildman–Crippen MR) is 115 cm³/mol. The Kier molecular flexibility index (Phi) is 5.70. The molecule has 5 rings (SSSR count). The molecule has 34 heavy (non-hydrogen) atoms. The van der Waals surface area contributed by atoms with E-state index in [1.54, 1.807) is 17.0 Å². The van der Waals surface area contributed by atoms with Crippen molar-refractivity contribution in [2.45, 2.75) is 25.6 Å². The third-order valence-corrected chi connectivity index (χ3v) is 6.08. The van der Waals surface area contributed by atoms with E-state index in [9.17, 15) is 18.0 Å². The zero-order valence-corrected chi connectivity index (χ0v) is 18.3. The number of alkyl halides is 3. The first-order valence-electron chi connectivity index (χ1n) is 10.3. The maximum atomic E-state index is 13.6. The highest BCUT2D eigenvalue weighted by Crippen LogP contribution is 2.35. The smallest absolute Gasteiger partial charge is 0.404 e. The van der Waals surface area contributed by atoms with Crippen molar-refractivity contribution in [3.63, 3.8) is 0 Å². The Labute approximate surface area is 196 Å². The van der Waals surface area contributed by atoms with Crippen LogP contribution in [0.4, 0.5) is 19.0 Å². The average Bonchev–Trinajstić information content (AvgIpc) is 3.29. The number of amides is 1. The fourth-order valence-corrected chi connectivity index (χ4v) is 4.42. The fourth-order valence-electron chi connectivity index (χ4n) is 4.19. The van der Waals surface area contributed by atoms with E-state index in [1.807, 2.05) is 0 Å². The van der Waals surface area contributed by atoms with E-state index in [0.717, 1.165) is 28.8 Å². The number of carbonyl (C=O) groups is 1. The lowest BCUT2D eigenvalue weighted by molar-refractivity contribution is -0.274. The highest BCUT2D eigenvalue weighted by molar-refractivity contribution is 6.34. The molecule has 2 aliphatic rings. The average molecular weight is 495 g/mol. The van der Waals surface area contributed by atoms with Gasteiger partial charge in [-0.1, -0.05) is 11.6 Å². The summed E-state index contributed by atoms with van der Waals surface area (Å²) in [5.74, 6) is -0.444. The van der Waals surface area contributed by atoms with Crippen LogP contribution in [0.1, 0.15) is 33.2 Å². The molecule has 1 aromatic carbocycles. The summed E-state index contributed by atoms with van der Waals surface area (Å²) in [6.07, 6.45) is -3.86. The largest absolute Gasteiger partial charge is 0.573 e. The van der Waals surface area contributed by atoms with Gasteiger partial charge in [0.15, 0.2) is 0 Å². The molecule has 1 saturated heterocycles. The molecular weight excluding hydrogens is 477 g/mol. The van der Waals surface area contributed by atoms with E-state index in [2.05, 4.69) is 14.7 Å². The first-order chi connectivity index (χ1) is 16.2. The minimum atomic E-state index is -4.82. The van der Waals surface area contributed by atoms with Crippen LogP contribution >= 0.6 is 11.6 Å². The summed E-state index contributed by atoms with van der Waals surface area (Å²) in [4.78, 5) is 23.6. The summed E-state index contributed by atoms with van der Waals surface area (Å²) in [6.45, 7) is 1.38. The van der Waals surface area contributed by atoms with E-state index in [1.165, 1.54) is 6.07 Å². The number of benzene rings is 1. The van der Waals surface area contributed by atoms with E-state index in [4.69, 9.17) is 26.8 Å². The Balaban J connectivity index is 1.48. The molecule has 1 atom stereocenters. The topological polar surface area (TPSA) is 99.8 Å². The van der Waals surface area contributed by atoms with Gasteiger partial charge in [0.25, 0.3) is 5.91 Å². The summed E-state index contributed by atoms with van der Waals surface area (Å²) in [7, 11) is 0. The maximum absolute atomic E-state index is 13.6. The van der Waals surface area contributed by atoms with Crippen molar-refractivity contribution in [3.05, 3.63) is 57.9 Å². The van der Waals surface area contributed by atoms with Crippen LogP contribution < -0.4 is 10.5 Å². The van der Waals surface area contributed by atoms with Gasteiger partial charge in [0.2, 0.25) is 0 Å². The third-order valence-electron chi connectivity index (χ3n) is 5.77.